The lowest BCUT2D eigenvalue weighted by Gasteiger charge is -2.42. The van der Waals surface area contributed by atoms with E-state index in [4.69, 9.17) is 21.9 Å². The molecule has 1 aromatic carbocycles. The first-order valence-corrected chi connectivity index (χ1v) is 14.7. The van der Waals surface area contributed by atoms with Crippen molar-refractivity contribution in [2.24, 2.45) is 22.2 Å². The van der Waals surface area contributed by atoms with E-state index in [2.05, 4.69) is 20.9 Å². The van der Waals surface area contributed by atoms with Gasteiger partial charge in [0, 0.05) is 33.0 Å². The second-order valence-electron chi connectivity index (χ2n) is 10.7. The predicted octanol–water partition coefficient (Wildman–Crippen LogP) is -1.41. The molecule has 0 bridgehead atoms. The van der Waals surface area contributed by atoms with Gasteiger partial charge in [0.1, 0.15) is 12.1 Å². The molecular formula is C29H46N8O7. The van der Waals surface area contributed by atoms with Crippen molar-refractivity contribution < 1.29 is 33.8 Å². The van der Waals surface area contributed by atoms with Crippen LogP contribution in [0.15, 0.2) is 35.3 Å². The number of guanidine groups is 1. The van der Waals surface area contributed by atoms with Crippen LogP contribution in [0.25, 0.3) is 0 Å². The minimum atomic E-state index is -1.32. The average Bonchev–Trinajstić information content (AvgIpc) is 2.99. The number of carbonyl (C=O) groups is 5. The van der Waals surface area contributed by atoms with Crippen LogP contribution in [0.4, 0.5) is 0 Å². The third-order valence-electron chi connectivity index (χ3n) is 7.52. The maximum Gasteiger partial charge on any atom is 0.326 e. The molecule has 0 aliphatic carbocycles. The molecule has 0 saturated carbocycles. The van der Waals surface area contributed by atoms with Crippen molar-refractivity contribution in [3.63, 3.8) is 0 Å². The molecule has 44 heavy (non-hydrogen) atoms. The summed E-state index contributed by atoms with van der Waals surface area (Å²) in [5.41, 5.74) is 17.0. The van der Waals surface area contributed by atoms with E-state index in [1.54, 1.807) is 7.05 Å². The van der Waals surface area contributed by atoms with Gasteiger partial charge in [0.2, 0.25) is 23.6 Å². The molecule has 1 aliphatic heterocycles. The van der Waals surface area contributed by atoms with Crippen molar-refractivity contribution >= 4 is 35.6 Å². The molecule has 2 rings (SSSR count). The molecule has 15 nitrogen and oxygen atoms in total. The summed E-state index contributed by atoms with van der Waals surface area (Å²) in [5, 5.41) is 17.8. The Kier molecular flexibility index (Phi) is 15.1. The number of benzene rings is 1. The van der Waals surface area contributed by atoms with Gasteiger partial charge in [-0.3, -0.25) is 24.2 Å². The van der Waals surface area contributed by atoms with E-state index in [9.17, 15) is 29.1 Å². The minimum absolute atomic E-state index is 0.0874. The normalized spacial score (nSPS) is 18.4. The monoisotopic (exact) mass is 618 g/mol. The zero-order chi connectivity index (χ0) is 32.6. The van der Waals surface area contributed by atoms with Crippen LogP contribution in [0.2, 0.25) is 0 Å². The van der Waals surface area contributed by atoms with Gasteiger partial charge in [-0.05, 0) is 51.1 Å². The number of ether oxygens (including phenoxy) is 1. The lowest BCUT2D eigenvalue weighted by Crippen LogP contribution is -2.60. The number of hydrogen-bond acceptors (Lipinski definition) is 8. The van der Waals surface area contributed by atoms with Gasteiger partial charge in [-0.1, -0.05) is 30.3 Å². The molecule has 0 radical (unpaired) electrons. The van der Waals surface area contributed by atoms with Crippen molar-refractivity contribution in [1.29, 1.82) is 0 Å². The van der Waals surface area contributed by atoms with Crippen LogP contribution in [0.5, 0.6) is 0 Å². The topological polar surface area (TPSA) is 245 Å². The number of primary amides is 1. The highest BCUT2D eigenvalue weighted by atomic mass is 16.5. The molecule has 1 heterocycles. The van der Waals surface area contributed by atoms with E-state index in [1.165, 1.54) is 12.0 Å². The van der Waals surface area contributed by atoms with Crippen LogP contribution in [-0.2, 0) is 35.1 Å². The van der Waals surface area contributed by atoms with Crippen molar-refractivity contribution in [1.82, 2.24) is 20.9 Å². The molecule has 0 spiro atoms. The largest absolute Gasteiger partial charge is 0.480 e. The molecule has 5 atom stereocenters. The van der Waals surface area contributed by atoms with E-state index < -0.39 is 54.0 Å². The summed E-state index contributed by atoms with van der Waals surface area (Å²) in [6.45, 7) is 0.552. The first-order valence-electron chi connectivity index (χ1n) is 14.7. The van der Waals surface area contributed by atoms with Crippen LogP contribution < -0.4 is 33.2 Å². The molecule has 15 heteroatoms. The summed E-state index contributed by atoms with van der Waals surface area (Å²) in [6, 6.07) is 5.84. The Bertz CT molecular complexity index is 1150. The number of piperidine rings is 1. The van der Waals surface area contributed by atoms with Crippen molar-refractivity contribution in [2.75, 3.05) is 27.2 Å². The number of aliphatic carboxylic acids is 1. The lowest BCUT2D eigenvalue weighted by atomic mass is 9.93. The Labute approximate surface area is 257 Å². The molecule has 1 aliphatic rings. The van der Waals surface area contributed by atoms with Crippen LogP contribution in [0.1, 0.15) is 50.5 Å². The highest BCUT2D eigenvalue weighted by molar-refractivity contribution is 5.91. The summed E-state index contributed by atoms with van der Waals surface area (Å²) < 4.78 is 5.63. The number of amides is 4. The summed E-state index contributed by atoms with van der Waals surface area (Å²) in [4.78, 5) is 68.8. The summed E-state index contributed by atoms with van der Waals surface area (Å²) >= 11 is 0. The van der Waals surface area contributed by atoms with E-state index in [0.717, 1.165) is 5.56 Å². The fraction of sp³-hybridized carbons (Fsp3) is 0.586. The number of rotatable bonds is 18. The van der Waals surface area contributed by atoms with Gasteiger partial charge in [0.05, 0.1) is 18.2 Å². The van der Waals surface area contributed by atoms with Gasteiger partial charge in [-0.15, -0.1) is 0 Å². The van der Waals surface area contributed by atoms with Gasteiger partial charge in [0.25, 0.3) is 0 Å². The second-order valence-corrected chi connectivity index (χ2v) is 10.7. The second kappa shape index (κ2) is 18.4. The number of methoxy groups -OCH3 is 1. The van der Waals surface area contributed by atoms with Crippen LogP contribution in [0.3, 0.4) is 0 Å². The number of likely N-dealkylation sites (N-methyl/N-ethyl adjacent to an activating group) is 1. The zero-order valence-electron chi connectivity index (χ0n) is 25.4. The SMILES string of the molecule is CN[C@H](Cc1ccccc1)C(=O)N[C@@H](CCCN=C(N)N)C(=O)N1CCC[C@H](OC)[C@@H]1CC(=O)N[C@@H](CCC(N)=O)C(=O)O. The number of nitrogens with two attached hydrogens (primary N) is 3. The minimum Gasteiger partial charge on any atom is -0.480 e. The standard InChI is InChI=1S/C29H46N8O7/c1-33-21(16-18-8-4-3-5-9-18)26(40)36-19(10-6-14-34-29(31)32)27(41)37-15-7-11-23(44-2)22(37)17-25(39)35-20(28(42)43)12-13-24(30)38/h3-5,8-9,19-23,33H,6-7,10-17H2,1-2H3,(H2,30,38)(H,35,39)(H,36,40)(H,42,43)(H4,31,32,34)/t19-,20-,21+,22-,23-/m0/s1. The van der Waals surface area contributed by atoms with E-state index in [0.29, 0.717) is 32.2 Å². The fourth-order valence-corrected chi connectivity index (χ4v) is 5.21. The van der Waals surface area contributed by atoms with Crippen LogP contribution in [-0.4, -0.2) is 103 Å². The quantitative estimate of drug-likeness (QED) is 0.0575. The number of aliphatic imine (C=N–C) groups is 1. The molecule has 4 amide bonds. The van der Waals surface area contributed by atoms with Crippen LogP contribution >= 0.6 is 0 Å². The first-order chi connectivity index (χ1) is 21.0. The van der Waals surface area contributed by atoms with Gasteiger partial charge in [-0.25, -0.2) is 4.79 Å². The maximum absolute atomic E-state index is 14.1. The molecule has 1 saturated heterocycles. The third-order valence-corrected chi connectivity index (χ3v) is 7.52. The van der Waals surface area contributed by atoms with Crippen molar-refractivity contribution in [3.8, 4) is 0 Å². The maximum atomic E-state index is 14.1. The smallest absolute Gasteiger partial charge is 0.326 e. The average molecular weight is 619 g/mol. The number of nitrogens with one attached hydrogen (secondary N) is 3. The summed E-state index contributed by atoms with van der Waals surface area (Å²) in [7, 11) is 3.14. The Morgan fingerprint density at radius 2 is 1.75 bits per heavy atom. The van der Waals surface area contributed by atoms with Gasteiger partial charge in [-0.2, -0.15) is 0 Å². The Morgan fingerprint density at radius 3 is 2.34 bits per heavy atom. The van der Waals surface area contributed by atoms with E-state index >= 15 is 0 Å². The molecule has 1 aromatic rings. The van der Waals surface area contributed by atoms with E-state index in [-0.39, 0.29) is 44.1 Å². The molecule has 0 aromatic heterocycles. The zero-order valence-corrected chi connectivity index (χ0v) is 25.4. The fourth-order valence-electron chi connectivity index (χ4n) is 5.21. The highest BCUT2D eigenvalue weighted by Gasteiger charge is 2.39. The van der Waals surface area contributed by atoms with Crippen molar-refractivity contribution in [3.05, 3.63) is 35.9 Å². The van der Waals surface area contributed by atoms with Crippen LogP contribution in [0, 0.1) is 0 Å². The molecular weight excluding hydrogens is 572 g/mol. The van der Waals surface area contributed by atoms with Gasteiger partial charge in [0.15, 0.2) is 5.96 Å². The number of carboxylic acids is 1. The Hall–Kier alpha value is -4.24. The van der Waals surface area contributed by atoms with E-state index in [1.807, 2.05) is 30.3 Å². The Morgan fingerprint density at radius 1 is 1.05 bits per heavy atom. The number of carbonyl (C=O) groups excluding carboxylic acids is 4. The molecule has 0 unspecified atom stereocenters. The highest BCUT2D eigenvalue weighted by Crippen LogP contribution is 2.24. The Balaban J connectivity index is 2.26. The first kappa shape index (κ1) is 36.0. The molecule has 1 fully saturated rings. The number of carboxylic acid groups (broad SMARTS) is 1. The summed E-state index contributed by atoms with van der Waals surface area (Å²) in [5.74, 6) is -3.48. The van der Waals surface area contributed by atoms with Gasteiger partial charge >= 0.3 is 5.97 Å². The number of nitrogens with zero attached hydrogens (tertiary/aromatic N) is 2. The predicted molar refractivity (Wildman–Crippen MR) is 163 cm³/mol. The molecule has 10 N–H and O–H groups in total. The lowest BCUT2D eigenvalue weighted by molar-refractivity contribution is -0.147. The number of hydrogen-bond donors (Lipinski definition) is 7. The van der Waals surface area contributed by atoms with Crippen molar-refractivity contribution in [2.45, 2.75) is 81.6 Å². The number of likely N-dealkylation sites (tertiary alicyclic amines) is 1. The third kappa shape index (κ3) is 11.8. The summed E-state index contributed by atoms with van der Waals surface area (Å²) in [6.07, 6.45) is 1.05. The molecule has 244 valence electrons. The van der Waals surface area contributed by atoms with Gasteiger partial charge < -0.3 is 47.9 Å².